The van der Waals surface area contributed by atoms with E-state index >= 15 is 0 Å². The molecule has 1 aliphatic heterocycles. The molecule has 3 aromatic carbocycles. The third kappa shape index (κ3) is 4.56. The smallest absolute Gasteiger partial charge is 0.253 e. The van der Waals surface area contributed by atoms with E-state index in [1.165, 1.54) is 19.4 Å². The van der Waals surface area contributed by atoms with Crippen LogP contribution in [-0.2, 0) is 9.84 Å². The molecule has 1 heterocycles. The van der Waals surface area contributed by atoms with Gasteiger partial charge in [0.1, 0.15) is 9.84 Å². The Labute approximate surface area is 181 Å². The first-order valence-corrected chi connectivity index (χ1v) is 12.1. The van der Waals surface area contributed by atoms with Gasteiger partial charge in [-0.3, -0.25) is 4.79 Å². The molecule has 31 heavy (non-hydrogen) atoms. The van der Waals surface area contributed by atoms with Gasteiger partial charge in [-0.1, -0.05) is 30.3 Å². The molecule has 0 aromatic heterocycles. The molecule has 0 bridgehead atoms. The quantitative estimate of drug-likeness (QED) is 0.596. The molecule has 1 fully saturated rings. The number of nitrogens with zero attached hydrogens (tertiary/aromatic N) is 1. The molecule has 7 heteroatoms. The number of rotatable bonds is 5. The van der Waals surface area contributed by atoms with E-state index in [-0.39, 0.29) is 23.3 Å². The van der Waals surface area contributed by atoms with Gasteiger partial charge in [0.05, 0.1) is 12.9 Å². The lowest BCUT2D eigenvalue weighted by atomic mass is 9.99. The lowest BCUT2D eigenvalue weighted by Crippen LogP contribution is -2.29. The Bertz CT molecular complexity index is 1260. The van der Waals surface area contributed by atoms with Crippen LogP contribution in [0.15, 0.2) is 54.6 Å². The van der Waals surface area contributed by atoms with E-state index in [1.807, 2.05) is 30.3 Å². The number of fused-ring (bicyclic) bond motifs is 1. The number of hydrogen-bond acceptors (Lipinski definition) is 4. The second-order valence-corrected chi connectivity index (χ2v) is 10.3. The fraction of sp³-hybridized carbons (Fsp3) is 0.292. The maximum Gasteiger partial charge on any atom is 0.253 e. The molecule has 1 atom stereocenters. The summed E-state index contributed by atoms with van der Waals surface area (Å²) in [7, 11) is -1.61. The van der Waals surface area contributed by atoms with E-state index in [4.69, 9.17) is 4.74 Å². The zero-order valence-corrected chi connectivity index (χ0v) is 18.3. The summed E-state index contributed by atoms with van der Waals surface area (Å²) in [5, 5.41) is 1.83. The monoisotopic (exact) mass is 441 g/mol. The Morgan fingerprint density at radius 2 is 1.87 bits per heavy atom. The summed E-state index contributed by atoms with van der Waals surface area (Å²) in [5.74, 6) is -0.204. The van der Waals surface area contributed by atoms with Gasteiger partial charge in [-0.15, -0.1) is 0 Å². The number of likely N-dealkylation sites (tertiary alicyclic amines) is 1. The fourth-order valence-electron chi connectivity index (χ4n) is 4.25. The second-order valence-electron chi connectivity index (χ2n) is 8.10. The number of hydrogen-bond donors (Lipinski definition) is 0. The van der Waals surface area contributed by atoms with Crippen molar-refractivity contribution in [3.63, 3.8) is 0 Å². The molecule has 4 rings (SSSR count). The Balaban J connectivity index is 1.58. The summed E-state index contributed by atoms with van der Waals surface area (Å²) in [6, 6.07) is 16.0. The SMILES string of the molecule is COc1c(F)cccc1-c1ccc2cc(C(=O)N3CCC(CS(C)(=O)=O)C3)ccc2c1. The van der Waals surface area contributed by atoms with Crippen molar-refractivity contribution in [3.8, 4) is 16.9 Å². The minimum Gasteiger partial charge on any atom is -0.493 e. The van der Waals surface area contributed by atoms with E-state index in [0.717, 1.165) is 16.3 Å². The van der Waals surface area contributed by atoms with E-state index in [2.05, 4.69) is 0 Å². The maximum absolute atomic E-state index is 14.1. The summed E-state index contributed by atoms with van der Waals surface area (Å²) in [6.07, 6.45) is 1.93. The van der Waals surface area contributed by atoms with Crippen LogP contribution in [-0.4, -0.2) is 51.4 Å². The highest BCUT2D eigenvalue weighted by Crippen LogP contribution is 2.34. The number of carbonyl (C=O) groups is 1. The topological polar surface area (TPSA) is 63.7 Å². The van der Waals surface area contributed by atoms with Gasteiger partial charge in [0, 0.05) is 30.5 Å². The summed E-state index contributed by atoms with van der Waals surface area (Å²) < 4.78 is 42.4. The Morgan fingerprint density at radius 3 is 2.61 bits per heavy atom. The normalized spacial score (nSPS) is 16.6. The van der Waals surface area contributed by atoms with Crippen molar-refractivity contribution in [1.82, 2.24) is 4.90 Å². The fourth-order valence-corrected chi connectivity index (χ4v) is 5.38. The number of methoxy groups -OCH3 is 1. The Kier molecular flexibility index (Phi) is 5.71. The average Bonchev–Trinajstić information content (AvgIpc) is 3.19. The minimum absolute atomic E-state index is 0.0109. The maximum atomic E-state index is 14.1. The molecule has 0 radical (unpaired) electrons. The Hall–Kier alpha value is -2.93. The van der Waals surface area contributed by atoms with Crippen LogP contribution in [0.4, 0.5) is 4.39 Å². The van der Waals surface area contributed by atoms with Crippen molar-refractivity contribution >= 4 is 26.5 Å². The van der Waals surface area contributed by atoms with Crippen LogP contribution in [0.5, 0.6) is 5.75 Å². The first-order valence-electron chi connectivity index (χ1n) is 10.1. The zero-order valence-electron chi connectivity index (χ0n) is 17.5. The van der Waals surface area contributed by atoms with Crippen LogP contribution >= 0.6 is 0 Å². The average molecular weight is 442 g/mol. The predicted octanol–water partition coefficient (Wildman–Crippen LogP) is 4.16. The zero-order chi connectivity index (χ0) is 22.2. The number of ether oxygens (including phenoxy) is 1. The van der Waals surface area contributed by atoms with Crippen molar-refractivity contribution in [2.45, 2.75) is 6.42 Å². The summed E-state index contributed by atoms with van der Waals surface area (Å²) >= 11 is 0. The molecule has 0 spiro atoms. The van der Waals surface area contributed by atoms with E-state index < -0.39 is 15.7 Å². The molecule has 0 saturated carbocycles. The van der Waals surface area contributed by atoms with Gasteiger partial charge in [0.2, 0.25) is 0 Å². The highest BCUT2D eigenvalue weighted by atomic mass is 32.2. The number of amides is 1. The van der Waals surface area contributed by atoms with Gasteiger partial charge < -0.3 is 9.64 Å². The highest BCUT2D eigenvalue weighted by molar-refractivity contribution is 7.90. The van der Waals surface area contributed by atoms with Crippen molar-refractivity contribution in [3.05, 3.63) is 66.0 Å². The van der Waals surface area contributed by atoms with Crippen LogP contribution in [0.2, 0.25) is 0 Å². The molecule has 1 saturated heterocycles. The molecule has 3 aromatic rings. The summed E-state index contributed by atoms with van der Waals surface area (Å²) in [4.78, 5) is 14.7. The Morgan fingerprint density at radius 1 is 1.13 bits per heavy atom. The molecular weight excluding hydrogens is 417 g/mol. The first-order chi connectivity index (χ1) is 14.7. The lowest BCUT2D eigenvalue weighted by molar-refractivity contribution is 0.0788. The third-order valence-electron chi connectivity index (χ3n) is 5.68. The van der Waals surface area contributed by atoms with Crippen molar-refractivity contribution < 1.29 is 22.3 Å². The van der Waals surface area contributed by atoms with Crippen LogP contribution in [0.3, 0.4) is 0 Å². The molecule has 0 N–H and O–H groups in total. The van der Waals surface area contributed by atoms with Crippen molar-refractivity contribution in [2.24, 2.45) is 5.92 Å². The molecule has 1 amide bonds. The third-order valence-corrected chi connectivity index (χ3v) is 6.76. The van der Waals surface area contributed by atoms with Gasteiger partial charge >= 0.3 is 0 Å². The number of para-hydroxylation sites is 1. The van der Waals surface area contributed by atoms with E-state index in [0.29, 0.717) is 30.6 Å². The minimum atomic E-state index is -3.06. The molecule has 5 nitrogen and oxygen atoms in total. The van der Waals surface area contributed by atoms with E-state index in [9.17, 15) is 17.6 Å². The number of halogens is 1. The molecule has 1 unspecified atom stereocenters. The van der Waals surface area contributed by atoms with Gasteiger partial charge in [0.25, 0.3) is 5.91 Å². The number of sulfone groups is 1. The van der Waals surface area contributed by atoms with Crippen LogP contribution in [0.1, 0.15) is 16.8 Å². The molecule has 162 valence electrons. The van der Waals surface area contributed by atoms with Crippen molar-refractivity contribution in [2.75, 3.05) is 32.2 Å². The number of benzene rings is 3. The van der Waals surface area contributed by atoms with Gasteiger partial charge in [-0.2, -0.15) is 0 Å². The van der Waals surface area contributed by atoms with Crippen LogP contribution in [0, 0.1) is 11.7 Å². The van der Waals surface area contributed by atoms with Crippen LogP contribution in [0.25, 0.3) is 21.9 Å². The summed E-state index contributed by atoms with van der Waals surface area (Å²) in [5.41, 5.74) is 2.06. The van der Waals surface area contributed by atoms with Gasteiger partial charge in [0.15, 0.2) is 11.6 Å². The first kappa shape index (κ1) is 21.3. The second kappa shape index (κ2) is 8.30. The van der Waals surface area contributed by atoms with Crippen molar-refractivity contribution in [1.29, 1.82) is 0 Å². The van der Waals surface area contributed by atoms with Crippen LogP contribution < -0.4 is 4.74 Å². The standard InChI is InChI=1S/C24H24FNO4S/c1-30-23-21(4-3-5-22(23)25)19-8-6-18-13-20(9-7-17(18)12-19)24(27)26-11-10-16(14-26)15-31(2,28)29/h3-9,12-13,16H,10-11,14-15H2,1-2H3. The highest BCUT2D eigenvalue weighted by Gasteiger charge is 2.29. The molecule has 1 aliphatic rings. The molecule has 0 aliphatic carbocycles. The van der Waals surface area contributed by atoms with Gasteiger partial charge in [-0.05, 0) is 52.9 Å². The van der Waals surface area contributed by atoms with E-state index in [1.54, 1.807) is 23.1 Å². The number of carbonyl (C=O) groups excluding carboxylic acids is 1. The summed E-state index contributed by atoms with van der Waals surface area (Å²) in [6.45, 7) is 1.03. The lowest BCUT2D eigenvalue weighted by Gasteiger charge is -2.17. The largest absolute Gasteiger partial charge is 0.493 e. The molecular formula is C24H24FNO4S. The predicted molar refractivity (Wildman–Crippen MR) is 120 cm³/mol. The van der Waals surface area contributed by atoms with Gasteiger partial charge in [-0.25, -0.2) is 12.8 Å².